The molecule has 5 heteroatoms. The van der Waals surface area contributed by atoms with Crippen molar-refractivity contribution in [3.8, 4) is 5.75 Å². The Labute approximate surface area is 135 Å². The predicted molar refractivity (Wildman–Crippen MR) is 89.4 cm³/mol. The van der Waals surface area contributed by atoms with Crippen LogP contribution in [0.3, 0.4) is 0 Å². The van der Waals surface area contributed by atoms with E-state index in [2.05, 4.69) is 10.6 Å². The summed E-state index contributed by atoms with van der Waals surface area (Å²) >= 11 is 0. The predicted octanol–water partition coefficient (Wildman–Crippen LogP) is 2.57. The molecule has 0 heterocycles. The van der Waals surface area contributed by atoms with Crippen LogP contribution >= 0.6 is 0 Å². The molecule has 0 unspecified atom stereocenters. The number of rotatable bonds is 4. The highest BCUT2D eigenvalue weighted by Gasteiger charge is 2.15. The Morgan fingerprint density at radius 2 is 1.74 bits per heavy atom. The van der Waals surface area contributed by atoms with Crippen molar-refractivity contribution in [2.45, 2.75) is 20.4 Å². The monoisotopic (exact) mass is 312 g/mol. The summed E-state index contributed by atoms with van der Waals surface area (Å²) in [4.78, 5) is 23.9. The lowest BCUT2D eigenvalue weighted by molar-refractivity contribution is -0.136. The van der Waals surface area contributed by atoms with Crippen molar-refractivity contribution in [2.75, 3.05) is 12.4 Å². The maximum atomic E-state index is 12.0. The number of hydrogen-bond acceptors (Lipinski definition) is 3. The molecule has 0 aliphatic carbocycles. The van der Waals surface area contributed by atoms with Crippen LogP contribution in [-0.4, -0.2) is 18.9 Å². The quantitative estimate of drug-likeness (QED) is 0.853. The first-order valence-corrected chi connectivity index (χ1v) is 7.29. The van der Waals surface area contributed by atoms with Gasteiger partial charge in [0, 0.05) is 6.54 Å². The molecule has 2 amide bonds. The minimum atomic E-state index is -0.721. The van der Waals surface area contributed by atoms with Gasteiger partial charge in [0.15, 0.2) is 0 Å². The van der Waals surface area contributed by atoms with E-state index in [1.165, 1.54) is 7.11 Å². The number of aryl methyl sites for hydroxylation is 2. The van der Waals surface area contributed by atoms with Crippen LogP contribution in [0.2, 0.25) is 0 Å². The largest absolute Gasteiger partial charge is 0.495 e. The Balaban J connectivity index is 1.98. The van der Waals surface area contributed by atoms with E-state index < -0.39 is 11.8 Å². The van der Waals surface area contributed by atoms with Gasteiger partial charge in [0.05, 0.1) is 12.8 Å². The third-order valence-electron chi connectivity index (χ3n) is 3.34. The maximum absolute atomic E-state index is 12.0. The Morgan fingerprint density at radius 1 is 1.00 bits per heavy atom. The first-order valence-electron chi connectivity index (χ1n) is 7.29. The summed E-state index contributed by atoms with van der Waals surface area (Å²) in [5.74, 6) is -0.896. The van der Waals surface area contributed by atoms with Crippen molar-refractivity contribution in [2.24, 2.45) is 0 Å². The molecule has 0 atom stereocenters. The molecule has 0 saturated carbocycles. The van der Waals surface area contributed by atoms with Crippen LogP contribution in [0.25, 0.3) is 0 Å². The summed E-state index contributed by atoms with van der Waals surface area (Å²) in [5.41, 5.74) is 3.48. The molecule has 0 radical (unpaired) electrons. The fraction of sp³-hybridized carbons (Fsp3) is 0.222. The lowest BCUT2D eigenvalue weighted by Crippen LogP contribution is -2.35. The van der Waals surface area contributed by atoms with Crippen molar-refractivity contribution in [3.05, 3.63) is 59.2 Å². The number of nitrogens with one attached hydrogen (secondary N) is 2. The fourth-order valence-electron chi connectivity index (χ4n) is 2.18. The first kappa shape index (κ1) is 16.5. The van der Waals surface area contributed by atoms with Crippen LogP contribution in [0.4, 0.5) is 5.69 Å². The van der Waals surface area contributed by atoms with E-state index in [9.17, 15) is 9.59 Å². The molecule has 23 heavy (non-hydrogen) atoms. The Bertz CT molecular complexity index is 726. The van der Waals surface area contributed by atoms with Gasteiger partial charge in [0.2, 0.25) is 0 Å². The van der Waals surface area contributed by atoms with Crippen molar-refractivity contribution in [1.82, 2.24) is 5.32 Å². The molecular weight excluding hydrogens is 292 g/mol. The molecule has 2 rings (SSSR count). The van der Waals surface area contributed by atoms with Crippen LogP contribution in [-0.2, 0) is 16.1 Å². The highest BCUT2D eigenvalue weighted by molar-refractivity contribution is 6.39. The van der Waals surface area contributed by atoms with Crippen LogP contribution < -0.4 is 15.4 Å². The van der Waals surface area contributed by atoms with Crippen LogP contribution in [0.1, 0.15) is 16.7 Å². The minimum Gasteiger partial charge on any atom is -0.495 e. The number of carbonyl (C=O) groups is 2. The number of anilines is 1. The zero-order chi connectivity index (χ0) is 16.8. The molecule has 0 aromatic heterocycles. The summed E-state index contributed by atoms with van der Waals surface area (Å²) in [6.07, 6.45) is 0. The highest BCUT2D eigenvalue weighted by atomic mass is 16.5. The summed E-state index contributed by atoms with van der Waals surface area (Å²) in [5, 5.41) is 5.18. The van der Waals surface area contributed by atoms with E-state index in [1.54, 1.807) is 12.1 Å². The number of carbonyl (C=O) groups excluding carboxylic acids is 2. The summed E-state index contributed by atoms with van der Waals surface area (Å²) < 4.78 is 5.18. The van der Waals surface area contributed by atoms with E-state index in [4.69, 9.17) is 4.74 Å². The maximum Gasteiger partial charge on any atom is 0.313 e. The molecule has 0 fully saturated rings. The topological polar surface area (TPSA) is 67.4 Å². The first-order chi connectivity index (χ1) is 11.0. The molecule has 0 aliphatic heterocycles. The molecule has 2 aromatic rings. The number of benzene rings is 2. The molecule has 120 valence electrons. The SMILES string of the molecule is COc1ccc(C)cc1NC(=O)C(=O)NCc1cccc(C)c1. The van der Waals surface area contributed by atoms with Crippen molar-refractivity contribution in [3.63, 3.8) is 0 Å². The van der Waals surface area contributed by atoms with E-state index in [0.29, 0.717) is 18.0 Å². The van der Waals surface area contributed by atoms with E-state index >= 15 is 0 Å². The van der Waals surface area contributed by atoms with Gasteiger partial charge < -0.3 is 15.4 Å². The normalized spacial score (nSPS) is 10.0. The third-order valence-corrected chi connectivity index (χ3v) is 3.34. The van der Waals surface area contributed by atoms with Gasteiger partial charge in [-0.25, -0.2) is 0 Å². The van der Waals surface area contributed by atoms with Crippen molar-refractivity contribution < 1.29 is 14.3 Å². The van der Waals surface area contributed by atoms with E-state index in [-0.39, 0.29) is 0 Å². The standard InChI is InChI=1S/C18H20N2O3/c1-12-5-4-6-14(9-12)11-19-17(21)18(22)20-15-10-13(2)7-8-16(15)23-3/h4-10H,11H2,1-3H3,(H,19,21)(H,20,22). The second kappa shape index (κ2) is 7.45. The highest BCUT2D eigenvalue weighted by Crippen LogP contribution is 2.24. The van der Waals surface area contributed by atoms with Gasteiger partial charge >= 0.3 is 11.8 Å². The molecular formula is C18H20N2O3. The van der Waals surface area contributed by atoms with Gasteiger partial charge in [0.25, 0.3) is 0 Å². The van der Waals surface area contributed by atoms with Crippen molar-refractivity contribution >= 4 is 17.5 Å². The van der Waals surface area contributed by atoms with Gasteiger partial charge in [-0.3, -0.25) is 9.59 Å². The average molecular weight is 312 g/mol. The lowest BCUT2D eigenvalue weighted by atomic mass is 10.1. The molecule has 0 saturated heterocycles. The molecule has 2 aromatic carbocycles. The second-order valence-electron chi connectivity index (χ2n) is 5.33. The minimum absolute atomic E-state index is 0.304. The second-order valence-corrected chi connectivity index (χ2v) is 5.33. The van der Waals surface area contributed by atoms with Gasteiger partial charge in [-0.1, -0.05) is 35.9 Å². The molecule has 0 aliphatic rings. The number of ether oxygens (including phenoxy) is 1. The van der Waals surface area contributed by atoms with Crippen molar-refractivity contribution in [1.29, 1.82) is 0 Å². The summed E-state index contributed by atoms with van der Waals surface area (Å²) in [6, 6.07) is 13.1. The van der Waals surface area contributed by atoms with E-state index in [0.717, 1.165) is 16.7 Å². The zero-order valence-electron chi connectivity index (χ0n) is 13.5. The smallest absolute Gasteiger partial charge is 0.313 e. The van der Waals surface area contributed by atoms with Gasteiger partial charge in [-0.05, 0) is 37.1 Å². The van der Waals surface area contributed by atoms with Gasteiger partial charge in [-0.15, -0.1) is 0 Å². The summed E-state index contributed by atoms with van der Waals surface area (Å²) in [6.45, 7) is 4.17. The van der Waals surface area contributed by atoms with Gasteiger partial charge in [-0.2, -0.15) is 0 Å². The van der Waals surface area contributed by atoms with Gasteiger partial charge in [0.1, 0.15) is 5.75 Å². The number of amides is 2. The van der Waals surface area contributed by atoms with E-state index in [1.807, 2.05) is 44.2 Å². The Kier molecular flexibility index (Phi) is 5.36. The zero-order valence-corrected chi connectivity index (χ0v) is 13.5. The Hall–Kier alpha value is -2.82. The third kappa shape index (κ3) is 4.57. The average Bonchev–Trinajstić information content (AvgIpc) is 2.53. The molecule has 0 spiro atoms. The molecule has 2 N–H and O–H groups in total. The Morgan fingerprint density at radius 3 is 2.43 bits per heavy atom. The van der Waals surface area contributed by atoms with Crippen LogP contribution in [0, 0.1) is 13.8 Å². The number of hydrogen-bond donors (Lipinski definition) is 2. The van der Waals surface area contributed by atoms with Crippen LogP contribution in [0.15, 0.2) is 42.5 Å². The lowest BCUT2D eigenvalue weighted by Gasteiger charge is -2.11. The molecule has 5 nitrogen and oxygen atoms in total. The number of methoxy groups -OCH3 is 1. The fourth-order valence-corrected chi connectivity index (χ4v) is 2.18. The molecule has 0 bridgehead atoms. The van der Waals surface area contributed by atoms with Crippen LogP contribution in [0.5, 0.6) is 5.75 Å². The summed E-state index contributed by atoms with van der Waals surface area (Å²) in [7, 11) is 1.51.